The van der Waals surface area contributed by atoms with Crippen molar-refractivity contribution in [1.29, 1.82) is 0 Å². The number of pyridine rings is 2. The van der Waals surface area contributed by atoms with Gasteiger partial charge in [-0.3, -0.25) is 19.8 Å². The van der Waals surface area contributed by atoms with Crippen LogP contribution in [0.15, 0.2) is 84.2 Å². The van der Waals surface area contributed by atoms with Crippen molar-refractivity contribution < 1.29 is 38.3 Å². The van der Waals surface area contributed by atoms with E-state index in [4.69, 9.17) is 4.74 Å². The summed E-state index contributed by atoms with van der Waals surface area (Å²) < 4.78 is 4.88. The Bertz CT molecular complexity index is 2080. The number of aromatic nitrogens is 2. The molecular formula is C45H51LiN6O4. The summed E-state index contributed by atoms with van der Waals surface area (Å²) in [4.78, 5) is 42.1. The number of carbonyl (C=O) groups is 2. The minimum absolute atomic E-state index is 0. The van der Waals surface area contributed by atoms with Gasteiger partial charge in [0.1, 0.15) is 0 Å². The van der Waals surface area contributed by atoms with E-state index >= 15 is 0 Å². The van der Waals surface area contributed by atoms with Gasteiger partial charge in [-0.15, -0.1) is 0 Å². The molecule has 0 amide bonds. The van der Waals surface area contributed by atoms with Gasteiger partial charge >= 0.3 is 24.8 Å². The van der Waals surface area contributed by atoms with Crippen molar-refractivity contribution in [2.75, 3.05) is 69.3 Å². The van der Waals surface area contributed by atoms with E-state index in [0.29, 0.717) is 36.1 Å². The molecule has 2 fully saturated rings. The quantitative estimate of drug-likeness (QED) is 0.197. The number of carbonyl (C=O) groups excluding carboxylic acids is 2. The smallest absolute Gasteiger partial charge is 0.545 e. The second-order valence-corrected chi connectivity index (χ2v) is 15.3. The largest absolute Gasteiger partial charge is 1.00 e. The summed E-state index contributed by atoms with van der Waals surface area (Å²) in [6.07, 6.45) is 8.20. The maximum atomic E-state index is 11.9. The monoisotopic (exact) mass is 746 g/mol. The molecule has 10 nitrogen and oxygen atoms in total. The molecule has 2 saturated heterocycles. The van der Waals surface area contributed by atoms with E-state index in [0.717, 1.165) is 97.1 Å². The summed E-state index contributed by atoms with van der Waals surface area (Å²) in [6, 6.07) is 22.1. The third kappa shape index (κ3) is 8.95. The molecule has 56 heavy (non-hydrogen) atoms. The van der Waals surface area contributed by atoms with E-state index in [1.165, 1.54) is 18.5 Å². The van der Waals surface area contributed by atoms with E-state index in [1.54, 1.807) is 12.3 Å². The van der Waals surface area contributed by atoms with Gasteiger partial charge in [-0.1, -0.05) is 24.3 Å². The van der Waals surface area contributed by atoms with Gasteiger partial charge in [-0.2, -0.15) is 0 Å². The van der Waals surface area contributed by atoms with E-state index in [9.17, 15) is 14.7 Å². The van der Waals surface area contributed by atoms with Crippen molar-refractivity contribution >= 4 is 35.5 Å². The first-order valence-corrected chi connectivity index (χ1v) is 19.4. The fourth-order valence-electron chi connectivity index (χ4n) is 8.02. The fraction of sp³-hybridized carbons (Fsp3) is 0.378. The number of carboxylic acids is 1. The first-order valence-electron chi connectivity index (χ1n) is 19.4. The number of aliphatic carboxylic acids is 1. The zero-order valence-electron chi connectivity index (χ0n) is 33.6. The number of benzene rings is 2. The summed E-state index contributed by atoms with van der Waals surface area (Å²) in [5.41, 5.74) is 11.4. The van der Waals surface area contributed by atoms with E-state index in [-0.39, 0.29) is 24.8 Å². The summed E-state index contributed by atoms with van der Waals surface area (Å²) in [5.74, 6) is -1.37. The van der Waals surface area contributed by atoms with Gasteiger partial charge in [-0.05, 0) is 99.4 Å². The maximum Gasteiger partial charge on any atom is 1.00 e. The number of nitrogens with zero attached hydrogens (tertiary/aromatic N) is 6. The SMILES string of the molecule is CC(C)N1CCN(c2ccc(-c3nccc4c3C=C(C(=O)[O-])C4)cc2)CC1.COC(=O)C1=Cc2c(ccnc2-c2ccc(N3CCN(C(C)C)CC3)cc2)C1.[Li+]. The van der Waals surface area contributed by atoms with Crippen LogP contribution in [0, 0.1) is 0 Å². The number of hydrogen-bond donors (Lipinski definition) is 0. The summed E-state index contributed by atoms with van der Waals surface area (Å²) in [5, 5.41) is 11.2. The van der Waals surface area contributed by atoms with E-state index in [2.05, 4.69) is 106 Å². The molecule has 2 aromatic heterocycles. The van der Waals surface area contributed by atoms with E-state index < -0.39 is 5.97 Å². The van der Waals surface area contributed by atoms with Gasteiger partial charge < -0.3 is 24.4 Å². The zero-order valence-corrected chi connectivity index (χ0v) is 33.6. The molecule has 0 saturated carbocycles. The minimum atomic E-state index is -1.10. The van der Waals surface area contributed by atoms with Gasteiger partial charge in [0.25, 0.3) is 0 Å². The van der Waals surface area contributed by atoms with Crippen molar-refractivity contribution in [2.45, 2.75) is 52.6 Å². The van der Waals surface area contributed by atoms with Crippen LogP contribution < -0.4 is 33.8 Å². The van der Waals surface area contributed by atoms with Crippen LogP contribution >= 0.6 is 0 Å². The number of piperazine rings is 2. The van der Waals surface area contributed by atoms with Crippen molar-refractivity contribution in [2.24, 2.45) is 0 Å². The third-order valence-electron chi connectivity index (χ3n) is 11.4. The molecule has 11 heteroatoms. The number of ether oxygens (including phenoxy) is 1. The van der Waals surface area contributed by atoms with Gasteiger partial charge in [-0.25, -0.2) is 4.79 Å². The van der Waals surface area contributed by atoms with Crippen LogP contribution in [0.2, 0.25) is 0 Å². The van der Waals surface area contributed by atoms with Crippen molar-refractivity contribution in [3.63, 3.8) is 0 Å². The van der Waals surface area contributed by atoms with Gasteiger partial charge in [0.2, 0.25) is 0 Å². The molecule has 286 valence electrons. The maximum absolute atomic E-state index is 11.9. The fourth-order valence-corrected chi connectivity index (χ4v) is 8.02. The number of fused-ring (bicyclic) bond motifs is 2. The number of rotatable bonds is 8. The molecular weight excluding hydrogens is 695 g/mol. The summed E-state index contributed by atoms with van der Waals surface area (Å²) in [7, 11) is 1.42. The Morgan fingerprint density at radius 3 is 1.38 bits per heavy atom. The van der Waals surface area contributed by atoms with Crippen LogP contribution in [0.4, 0.5) is 11.4 Å². The average molecular weight is 747 g/mol. The topological polar surface area (TPSA) is 105 Å². The van der Waals surface area contributed by atoms with Gasteiger partial charge in [0.15, 0.2) is 0 Å². The van der Waals surface area contributed by atoms with Crippen LogP contribution in [-0.2, 0) is 27.2 Å². The Balaban J connectivity index is 0.000000187. The third-order valence-corrected chi connectivity index (χ3v) is 11.4. The van der Waals surface area contributed by atoms with Crippen molar-refractivity contribution in [1.82, 2.24) is 19.8 Å². The second kappa shape index (κ2) is 18.0. The Hall–Kier alpha value is -4.72. The molecule has 8 rings (SSSR count). The van der Waals surface area contributed by atoms with Crippen LogP contribution in [0.5, 0.6) is 0 Å². The molecule has 4 heterocycles. The summed E-state index contributed by atoms with van der Waals surface area (Å²) >= 11 is 0. The molecule has 0 atom stereocenters. The Morgan fingerprint density at radius 1 is 0.607 bits per heavy atom. The molecule has 0 radical (unpaired) electrons. The summed E-state index contributed by atoms with van der Waals surface area (Å²) in [6.45, 7) is 17.6. The van der Waals surface area contributed by atoms with Crippen LogP contribution in [0.25, 0.3) is 34.7 Å². The molecule has 2 aliphatic heterocycles. The number of carboxylic acid groups (broad SMARTS) is 1. The standard InChI is InChI=1S/C23H27N3O2.C22H25N3O2.Li/c1-16(2)25-10-12-26(13-11-25)20-6-4-17(5-7-20)22-21-15-19(23(27)28-3)14-18(21)8-9-24-22;1-15(2)24-9-11-25(12-10-24)19-5-3-16(4-6-19)21-20-14-18(22(26)27)13-17(20)7-8-23-21;/h4-9,15-16H,10-14H2,1-3H3;3-8,14-15H,9-13H2,1-2H3,(H,26,27);/q;;+1/p-1. The molecule has 0 N–H and O–H groups in total. The van der Waals surface area contributed by atoms with Gasteiger partial charge in [0, 0.05) is 122 Å². The average Bonchev–Trinajstić information content (AvgIpc) is 3.87. The number of hydrogen-bond acceptors (Lipinski definition) is 10. The molecule has 0 bridgehead atoms. The van der Waals surface area contributed by atoms with Crippen LogP contribution in [-0.4, -0.2) is 103 Å². The van der Waals surface area contributed by atoms with Gasteiger partial charge in [0.05, 0.1) is 24.5 Å². The van der Waals surface area contributed by atoms with Crippen molar-refractivity contribution in [3.05, 3.63) is 106 Å². The minimum Gasteiger partial charge on any atom is -0.545 e. The van der Waals surface area contributed by atoms with Crippen LogP contribution in [0.1, 0.15) is 49.9 Å². The first-order chi connectivity index (χ1) is 26.6. The van der Waals surface area contributed by atoms with Crippen LogP contribution in [0.3, 0.4) is 0 Å². The molecule has 0 unspecified atom stereocenters. The first kappa shape index (κ1) is 40.9. The molecule has 4 aliphatic rings. The molecule has 0 spiro atoms. The number of esters is 1. The predicted octanol–water partition coefficient (Wildman–Crippen LogP) is 2.36. The predicted molar refractivity (Wildman–Crippen MR) is 218 cm³/mol. The Kier molecular flexibility index (Phi) is 13.2. The molecule has 4 aromatic rings. The Labute approximate surface area is 343 Å². The van der Waals surface area contributed by atoms with Crippen molar-refractivity contribution in [3.8, 4) is 22.5 Å². The normalized spacial score (nSPS) is 16.7. The molecule has 2 aromatic carbocycles. The molecule has 2 aliphatic carbocycles. The van der Waals surface area contributed by atoms with E-state index in [1.807, 2.05) is 24.4 Å². The zero-order chi connectivity index (χ0) is 38.6. The second-order valence-electron chi connectivity index (χ2n) is 15.3. The Morgan fingerprint density at radius 2 is 1.00 bits per heavy atom. The number of methoxy groups -OCH3 is 1. The number of anilines is 2.